The van der Waals surface area contributed by atoms with Gasteiger partial charge in [-0.15, -0.1) is 22.7 Å². The minimum Gasteiger partial charge on any atom is -0.325 e. The first kappa shape index (κ1) is 12.7. The average Bonchev–Trinajstić information content (AvgIpc) is 2.87. The number of aromatic nitrogens is 1. The Kier molecular flexibility index (Phi) is 4.28. The first-order valence-corrected chi connectivity index (χ1v) is 7.28. The highest BCUT2D eigenvalue weighted by atomic mass is 32.1. The zero-order valence-electron chi connectivity index (χ0n) is 10.1. The quantitative estimate of drug-likeness (QED) is 0.875. The van der Waals surface area contributed by atoms with Gasteiger partial charge >= 0.3 is 0 Å². The summed E-state index contributed by atoms with van der Waals surface area (Å²) in [5.41, 5.74) is 8.00. The van der Waals surface area contributed by atoms with Crippen LogP contribution in [0.25, 0.3) is 0 Å². The summed E-state index contributed by atoms with van der Waals surface area (Å²) in [6.45, 7) is 6.58. The number of aryl methyl sites for hydroxylation is 2. The van der Waals surface area contributed by atoms with Crippen molar-refractivity contribution in [2.45, 2.75) is 33.5 Å². The van der Waals surface area contributed by atoms with Crippen LogP contribution in [0.3, 0.4) is 0 Å². The van der Waals surface area contributed by atoms with Crippen LogP contribution in [0.15, 0.2) is 11.4 Å². The molecule has 5 heteroatoms. The molecule has 0 saturated carbocycles. The van der Waals surface area contributed by atoms with E-state index in [1.165, 1.54) is 15.3 Å². The van der Waals surface area contributed by atoms with Crippen LogP contribution in [-0.2, 0) is 19.6 Å². The summed E-state index contributed by atoms with van der Waals surface area (Å²) in [5, 5.41) is 6.48. The van der Waals surface area contributed by atoms with E-state index >= 15 is 0 Å². The second-order valence-electron chi connectivity index (χ2n) is 3.99. The molecule has 0 aliphatic heterocycles. The normalized spacial score (nSPS) is 11.0. The first-order chi connectivity index (χ1) is 8.19. The number of nitrogens with zero attached hydrogens (tertiary/aromatic N) is 1. The van der Waals surface area contributed by atoms with Crippen LogP contribution >= 0.6 is 22.7 Å². The Hall–Kier alpha value is -0.750. The van der Waals surface area contributed by atoms with E-state index in [9.17, 15) is 0 Å². The molecule has 17 heavy (non-hydrogen) atoms. The molecule has 0 atom stereocenters. The van der Waals surface area contributed by atoms with Gasteiger partial charge in [-0.2, -0.15) is 0 Å². The third kappa shape index (κ3) is 3.35. The summed E-state index contributed by atoms with van der Waals surface area (Å²) >= 11 is 3.49. The van der Waals surface area contributed by atoms with Gasteiger partial charge in [0.1, 0.15) is 5.01 Å². The SMILES string of the molecule is Cc1cc(CNCc2csc(CN)n2)sc1C. The topological polar surface area (TPSA) is 50.9 Å². The van der Waals surface area contributed by atoms with E-state index in [1.807, 2.05) is 11.3 Å². The van der Waals surface area contributed by atoms with Gasteiger partial charge in [-0.05, 0) is 25.5 Å². The van der Waals surface area contributed by atoms with Crippen molar-refractivity contribution in [2.24, 2.45) is 5.73 Å². The molecule has 0 amide bonds. The average molecular weight is 267 g/mol. The fourth-order valence-electron chi connectivity index (χ4n) is 1.57. The van der Waals surface area contributed by atoms with Crippen LogP contribution in [0.1, 0.15) is 26.0 Å². The van der Waals surface area contributed by atoms with Gasteiger partial charge in [-0.3, -0.25) is 0 Å². The third-order valence-electron chi connectivity index (χ3n) is 2.60. The molecule has 0 aromatic carbocycles. The highest BCUT2D eigenvalue weighted by molar-refractivity contribution is 7.12. The molecule has 2 rings (SSSR count). The summed E-state index contributed by atoms with van der Waals surface area (Å²) < 4.78 is 0. The Balaban J connectivity index is 1.83. The molecule has 0 bridgehead atoms. The molecule has 2 aromatic rings. The number of nitrogens with two attached hydrogens (primary N) is 1. The lowest BCUT2D eigenvalue weighted by Crippen LogP contribution is -2.12. The number of thiazole rings is 1. The van der Waals surface area contributed by atoms with Crippen molar-refractivity contribution in [3.63, 3.8) is 0 Å². The van der Waals surface area contributed by atoms with Gasteiger partial charge in [-0.25, -0.2) is 4.98 Å². The van der Waals surface area contributed by atoms with E-state index in [0.29, 0.717) is 6.54 Å². The molecular formula is C12H17N3S2. The third-order valence-corrected chi connectivity index (χ3v) is 4.67. The molecule has 3 nitrogen and oxygen atoms in total. The molecule has 92 valence electrons. The number of hydrogen-bond acceptors (Lipinski definition) is 5. The molecule has 0 saturated heterocycles. The Morgan fingerprint density at radius 1 is 1.35 bits per heavy atom. The van der Waals surface area contributed by atoms with Gasteiger partial charge in [-0.1, -0.05) is 0 Å². The standard InChI is InChI=1S/C12H17N3S2/c1-8-3-11(17-9(8)2)6-14-5-10-7-16-12(4-13)15-10/h3,7,14H,4-6,13H2,1-2H3. The van der Waals surface area contributed by atoms with Gasteiger partial charge in [0.2, 0.25) is 0 Å². The van der Waals surface area contributed by atoms with Gasteiger partial charge in [0.15, 0.2) is 0 Å². The van der Waals surface area contributed by atoms with Gasteiger partial charge < -0.3 is 11.1 Å². The van der Waals surface area contributed by atoms with E-state index in [-0.39, 0.29) is 0 Å². The molecule has 0 unspecified atom stereocenters. The van der Waals surface area contributed by atoms with Crippen LogP contribution in [0, 0.1) is 13.8 Å². The number of hydrogen-bond donors (Lipinski definition) is 2. The summed E-state index contributed by atoms with van der Waals surface area (Å²) in [4.78, 5) is 7.20. The molecule has 2 heterocycles. The van der Waals surface area contributed by atoms with E-state index < -0.39 is 0 Å². The van der Waals surface area contributed by atoms with Crippen molar-refractivity contribution in [3.8, 4) is 0 Å². The van der Waals surface area contributed by atoms with Crippen LogP contribution in [0.5, 0.6) is 0 Å². The molecule has 0 spiro atoms. The predicted octanol–water partition coefficient (Wildman–Crippen LogP) is 2.57. The summed E-state index contributed by atoms with van der Waals surface area (Å²) in [6.07, 6.45) is 0. The van der Waals surface area contributed by atoms with E-state index in [1.54, 1.807) is 11.3 Å². The van der Waals surface area contributed by atoms with E-state index in [4.69, 9.17) is 5.73 Å². The molecule has 0 aliphatic rings. The van der Waals surface area contributed by atoms with Gasteiger partial charge in [0.05, 0.1) is 5.69 Å². The van der Waals surface area contributed by atoms with Crippen molar-refractivity contribution in [1.82, 2.24) is 10.3 Å². The molecule has 0 fully saturated rings. The Labute approximate surface area is 110 Å². The smallest absolute Gasteiger partial charge is 0.106 e. The fraction of sp³-hybridized carbons (Fsp3) is 0.417. The molecule has 3 N–H and O–H groups in total. The van der Waals surface area contributed by atoms with Crippen LogP contribution in [0.4, 0.5) is 0 Å². The Bertz CT molecular complexity index is 468. The van der Waals surface area contributed by atoms with Crippen molar-refractivity contribution < 1.29 is 0 Å². The fourth-order valence-corrected chi connectivity index (χ4v) is 3.27. The Morgan fingerprint density at radius 2 is 2.18 bits per heavy atom. The van der Waals surface area contributed by atoms with Gasteiger partial charge in [0, 0.05) is 34.8 Å². The predicted molar refractivity (Wildman–Crippen MR) is 74.3 cm³/mol. The minimum absolute atomic E-state index is 0.536. The lowest BCUT2D eigenvalue weighted by Gasteiger charge is -1.99. The van der Waals surface area contributed by atoms with E-state index in [2.05, 4.69) is 35.6 Å². The summed E-state index contributed by atoms with van der Waals surface area (Å²) in [5.74, 6) is 0. The lowest BCUT2D eigenvalue weighted by molar-refractivity contribution is 0.687. The van der Waals surface area contributed by atoms with Crippen LogP contribution < -0.4 is 11.1 Å². The number of nitrogens with one attached hydrogen (secondary N) is 1. The number of rotatable bonds is 5. The monoisotopic (exact) mass is 267 g/mol. The summed E-state index contributed by atoms with van der Waals surface area (Å²) in [7, 11) is 0. The highest BCUT2D eigenvalue weighted by Gasteiger charge is 2.03. The minimum atomic E-state index is 0.536. The highest BCUT2D eigenvalue weighted by Crippen LogP contribution is 2.20. The van der Waals surface area contributed by atoms with Crippen molar-refractivity contribution >= 4 is 22.7 Å². The molecular weight excluding hydrogens is 250 g/mol. The molecule has 0 radical (unpaired) electrons. The maximum absolute atomic E-state index is 5.53. The van der Waals surface area contributed by atoms with Crippen molar-refractivity contribution in [3.05, 3.63) is 37.5 Å². The van der Waals surface area contributed by atoms with E-state index in [0.717, 1.165) is 23.8 Å². The van der Waals surface area contributed by atoms with Gasteiger partial charge in [0.25, 0.3) is 0 Å². The molecule has 0 aliphatic carbocycles. The summed E-state index contributed by atoms with van der Waals surface area (Å²) in [6, 6.07) is 2.25. The maximum Gasteiger partial charge on any atom is 0.106 e. The zero-order chi connectivity index (χ0) is 12.3. The van der Waals surface area contributed by atoms with Crippen molar-refractivity contribution in [1.29, 1.82) is 0 Å². The second-order valence-corrected chi connectivity index (χ2v) is 6.28. The number of thiophene rings is 1. The zero-order valence-corrected chi connectivity index (χ0v) is 11.8. The largest absolute Gasteiger partial charge is 0.325 e. The second kappa shape index (κ2) is 5.73. The first-order valence-electron chi connectivity index (χ1n) is 5.59. The Morgan fingerprint density at radius 3 is 2.76 bits per heavy atom. The maximum atomic E-state index is 5.53. The van der Waals surface area contributed by atoms with Crippen LogP contribution in [0.2, 0.25) is 0 Å². The van der Waals surface area contributed by atoms with Crippen LogP contribution in [-0.4, -0.2) is 4.98 Å². The molecule has 2 aromatic heterocycles. The van der Waals surface area contributed by atoms with Crippen molar-refractivity contribution in [2.75, 3.05) is 0 Å². The lowest BCUT2D eigenvalue weighted by atomic mass is 10.3.